The van der Waals surface area contributed by atoms with Gasteiger partial charge in [-0.3, -0.25) is 0 Å². The van der Waals surface area contributed by atoms with E-state index in [1.807, 2.05) is 127 Å². The van der Waals surface area contributed by atoms with Crippen molar-refractivity contribution >= 4 is 18.2 Å². The van der Waals surface area contributed by atoms with Gasteiger partial charge in [-0.25, -0.2) is 0 Å². The highest BCUT2D eigenvalue weighted by Gasteiger charge is 2.51. The molecule has 0 aliphatic carbocycles. The summed E-state index contributed by atoms with van der Waals surface area (Å²) in [5, 5.41) is 22.8. The van der Waals surface area contributed by atoms with Gasteiger partial charge in [-0.15, -0.1) is 0 Å². The van der Waals surface area contributed by atoms with Crippen LogP contribution in [0.1, 0.15) is 37.5 Å². The molecule has 0 aliphatic heterocycles. The molecule has 0 fully saturated rings. The molecule has 0 aliphatic rings. The molecule has 164 valence electrons. The number of hydrogen-bond acceptors (Lipinski definition) is 2. The van der Waals surface area contributed by atoms with Gasteiger partial charge in [0, 0.05) is 0 Å². The predicted octanol–water partition coefficient (Wildman–Crippen LogP) is 6.63. The van der Waals surface area contributed by atoms with Crippen molar-refractivity contribution in [3.63, 3.8) is 0 Å². The lowest BCUT2D eigenvalue weighted by Crippen LogP contribution is -2.57. The average Bonchev–Trinajstić information content (AvgIpc) is 2.80. The Labute approximate surface area is 191 Å². The van der Waals surface area contributed by atoms with Crippen LogP contribution in [-0.2, 0) is 0 Å². The highest BCUT2D eigenvalue weighted by atomic mass is 16.4. The summed E-state index contributed by atoms with van der Waals surface area (Å²) in [5.41, 5.74) is -0.830. The highest BCUT2D eigenvalue weighted by Crippen LogP contribution is 2.44. The van der Waals surface area contributed by atoms with Gasteiger partial charge in [0.05, 0.1) is 11.0 Å². The first kappa shape index (κ1) is 23.5. The topological polar surface area (TPSA) is 40.5 Å². The summed E-state index contributed by atoms with van der Waals surface area (Å²) in [6, 6.07) is 29.9. The molecule has 0 aromatic heterocycles. The summed E-state index contributed by atoms with van der Waals surface area (Å²) in [4.78, 5) is 0. The molecule has 0 bridgehead atoms. The molecule has 0 amide bonds. The maximum Gasteiger partial charge on any atom is 0.106 e. The Bertz CT molecular complexity index is 934. The standard InChI is InChI=1S/C30H32O2/c1-28(2,31)29(3,32)30(22-19-25-13-7-4-8-14-25,23-20-26-15-9-5-10-16-26)24-21-27-17-11-6-12-18-27/h4-24,31-32H,1-3H3. The molecular weight excluding hydrogens is 392 g/mol. The number of rotatable bonds is 8. The maximum atomic E-state index is 11.8. The summed E-state index contributed by atoms with van der Waals surface area (Å²) < 4.78 is 0. The van der Waals surface area contributed by atoms with Gasteiger partial charge in [0.1, 0.15) is 5.60 Å². The van der Waals surface area contributed by atoms with Crippen LogP contribution < -0.4 is 0 Å². The highest BCUT2D eigenvalue weighted by molar-refractivity contribution is 5.60. The van der Waals surface area contributed by atoms with Crippen molar-refractivity contribution in [1.82, 2.24) is 0 Å². The Balaban J connectivity index is 2.19. The van der Waals surface area contributed by atoms with Gasteiger partial charge in [0.25, 0.3) is 0 Å². The molecule has 2 heteroatoms. The molecule has 1 atom stereocenters. The second kappa shape index (κ2) is 9.95. The van der Waals surface area contributed by atoms with Crippen LogP contribution in [0.3, 0.4) is 0 Å². The SMILES string of the molecule is CC(C)(O)C(C)(O)C(C=Cc1ccccc1)(C=Cc1ccccc1)C=Cc1ccccc1. The fourth-order valence-electron chi connectivity index (χ4n) is 3.58. The van der Waals surface area contributed by atoms with E-state index in [0.717, 1.165) is 16.7 Å². The third kappa shape index (κ3) is 5.53. The zero-order valence-corrected chi connectivity index (χ0v) is 19.0. The van der Waals surface area contributed by atoms with Crippen LogP contribution in [-0.4, -0.2) is 21.4 Å². The molecular formula is C30H32O2. The minimum Gasteiger partial charge on any atom is -0.387 e. The predicted molar refractivity (Wildman–Crippen MR) is 136 cm³/mol. The van der Waals surface area contributed by atoms with E-state index >= 15 is 0 Å². The van der Waals surface area contributed by atoms with Crippen LogP contribution in [0.4, 0.5) is 0 Å². The normalized spacial score (nSPS) is 16.4. The fourth-order valence-corrected chi connectivity index (χ4v) is 3.58. The van der Waals surface area contributed by atoms with Crippen molar-refractivity contribution < 1.29 is 10.2 Å². The summed E-state index contributed by atoms with van der Waals surface area (Å²) >= 11 is 0. The van der Waals surface area contributed by atoms with E-state index in [2.05, 4.69) is 0 Å². The van der Waals surface area contributed by atoms with E-state index in [-0.39, 0.29) is 0 Å². The molecule has 0 saturated carbocycles. The Morgan fingerprint density at radius 2 is 0.781 bits per heavy atom. The van der Waals surface area contributed by atoms with Crippen LogP contribution in [0.25, 0.3) is 18.2 Å². The average molecular weight is 425 g/mol. The largest absolute Gasteiger partial charge is 0.387 e. The van der Waals surface area contributed by atoms with E-state index < -0.39 is 16.6 Å². The Morgan fingerprint density at radius 3 is 1.03 bits per heavy atom. The summed E-state index contributed by atoms with van der Waals surface area (Å²) in [6.45, 7) is 4.97. The molecule has 0 spiro atoms. The number of hydrogen-bond donors (Lipinski definition) is 2. The first-order valence-electron chi connectivity index (χ1n) is 10.9. The van der Waals surface area contributed by atoms with Gasteiger partial charge in [-0.1, -0.05) is 127 Å². The van der Waals surface area contributed by atoms with E-state index in [4.69, 9.17) is 0 Å². The van der Waals surface area contributed by atoms with Crippen LogP contribution in [0.2, 0.25) is 0 Å². The molecule has 2 N–H and O–H groups in total. The molecule has 0 radical (unpaired) electrons. The first-order valence-corrected chi connectivity index (χ1v) is 10.9. The zero-order valence-electron chi connectivity index (χ0n) is 19.0. The monoisotopic (exact) mass is 424 g/mol. The third-order valence-corrected chi connectivity index (χ3v) is 6.09. The molecule has 3 aromatic carbocycles. The van der Waals surface area contributed by atoms with E-state index in [1.165, 1.54) is 0 Å². The minimum atomic E-state index is -1.51. The third-order valence-electron chi connectivity index (χ3n) is 6.09. The molecule has 0 saturated heterocycles. The lowest BCUT2D eigenvalue weighted by atomic mass is 9.64. The van der Waals surface area contributed by atoms with Crippen molar-refractivity contribution in [2.75, 3.05) is 0 Å². The molecule has 2 nitrogen and oxygen atoms in total. The van der Waals surface area contributed by atoms with Crippen molar-refractivity contribution in [2.24, 2.45) is 5.41 Å². The van der Waals surface area contributed by atoms with Crippen molar-refractivity contribution in [2.45, 2.75) is 32.0 Å². The van der Waals surface area contributed by atoms with Gasteiger partial charge < -0.3 is 10.2 Å². The second-order valence-electron chi connectivity index (χ2n) is 8.80. The molecule has 1 unspecified atom stereocenters. The van der Waals surface area contributed by atoms with E-state index in [1.54, 1.807) is 20.8 Å². The van der Waals surface area contributed by atoms with E-state index in [0.29, 0.717) is 0 Å². The molecule has 3 rings (SSSR count). The minimum absolute atomic E-state index is 0.993. The molecule has 32 heavy (non-hydrogen) atoms. The van der Waals surface area contributed by atoms with Crippen molar-refractivity contribution in [3.05, 3.63) is 126 Å². The van der Waals surface area contributed by atoms with Crippen molar-refractivity contribution in [3.8, 4) is 0 Å². The Kier molecular flexibility index (Phi) is 7.29. The quantitative estimate of drug-likeness (QED) is 0.426. The molecule has 3 aromatic rings. The number of benzene rings is 3. The van der Waals surface area contributed by atoms with Gasteiger partial charge >= 0.3 is 0 Å². The summed E-state index contributed by atoms with van der Waals surface area (Å²) in [5.74, 6) is 0. The lowest BCUT2D eigenvalue weighted by molar-refractivity contribution is -0.151. The van der Waals surface area contributed by atoms with Crippen LogP contribution in [0.15, 0.2) is 109 Å². The van der Waals surface area contributed by atoms with E-state index in [9.17, 15) is 10.2 Å². The lowest BCUT2D eigenvalue weighted by Gasteiger charge is -2.47. The summed E-state index contributed by atoms with van der Waals surface area (Å²) in [7, 11) is 0. The van der Waals surface area contributed by atoms with Gasteiger partial charge in [-0.05, 0) is 37.5 Å². The zero-order chi connectivity index (χ0) is 23.1. The molecule has 0 heterocycles. The van der Waals surface area contributed by atoms with Gasteiger partial charge in [0.2, 0.25) is 0 Å². The number of aliphatic hydroxyl groups is 2. The smallest absolute Gasteiger partial charge is 0.106 e. The van der Waals surface area contributed by atoms with Crippen molar-refractivity contribution in [1.29, 1.82) is 0 Å². The Morgan fingerprint density at radius 1 is 0.500 bits per heavy atom. The fraction of sp³-hybridized carbons (Fsp3) is 0.200. The van der Waals surface area contributed by atoms with Gasteiger partial charge in [0.15, 0.2) is 0 Å². The summed E-state index contributed by atoms with van der Waals surface area (Å²) in [6.07, 6.45) is 11.9. The maximum absolute atomic E-state index is 11.8. The van der Waals surface area contributed by atoms with Crippen LogP contribution in [0.5, 0.6) is 0 Å². The first-order chi connectivity index (χ1) is 15.2. The van der Waals surface area contributed by atoms with Crippen LogP contribution >= 0.6 is 0 Å². The Hall–Kier alpha value is -3.20. The second-order valence-corrected chi connectivity index (χ2v) is 8.80. The van der Waals surface area contributed by atoms with Crippen LogP contribution in [0, 0.1) is 5.41 Å². The van der Waals surface area contributed by atoms with Gasteiger partial charge in [-0.2, -0.15) is 0 Å².